The predicted octanol–water partition coefficient (Wildman–Crippen LogP) is 5.66. The van der Waals surface area contributed by atoms with Gasteiger partial charge in [0.15, 0.2) is 0 Å². The Morgan fingerprint density at radius 1 is 0.737 bits per heavy atom. The zero-order chi connectivity index (χ0) is 26.1. The number of hydrogen-bond acceptors (Lipinski definition) is 4. The first-order valence-electron chi connectivity index (χ1n) is 13.6. The molecule has 6 heteroatoms. The summed E-state index contributed by atoms with van der Waals surface area (Å²) >= 11 is 0. The van der Waals surface area contributed by atoms with E-state index in [1.165, 1.54) is 22.2 Å². The van der Waals surface area contributed by atoms with E-state index in [0.29, 0.717) is 13.1 Å². The number of hydrogen-bond donors (Lipinski definition) is 0. The third-order valence-corrected chi connectivity index (χ3v) is 7.85. The second-order valence-corrected chi connectivity index (χ2v) is 10.5. The summed E-state index contributed by atoms with van der Waals surface area (Å²) < 4.78 is 0. The largest absolute Gasteiger partial charge is 0.368 e. The van der Waals surface area contributed by atoms with Crippen LogP contribution in [0, 0.1) is 13.8 Å². The van der Waals surface area contributed by atoms with Gasteiger partial charge in [0.05, 0.1) is 5.52 Å². The molecule has 3 aromatic carbocycles. The summed E-state index contributed by atoms with van der Waals surface area (Å²) in [7, 11) is 0. The molecule has 0 unspecified atom stereocenters. The Labute approximate surface area is 225 Å². The van der Waals surface area contributed by atoms with Gasteiger partial charge in [-0.15, -0.1) is 0 Å². The number of amides is 2. The molecule has 0 atom stereocenters. The Kier molecular flexibility index (Phi) is 6.73. The van der Waals surface area contributed by atoms with E-state index < -0.39 is 0 Å². The van der Waals surface area contributed by atoms with E-state index in [9.17, 15) is 4.79 Å². The van der Waals surface area contributed by atoms with Crippen molar-refractivity contribution in [2.45, 2.75) is 20.3 Å². The Bertz CT molecular complexity index is 1440. The van der Waals surface area contributed by atoms with E-state index in [1.54, 1.807) is 0 Å². The van der Waals surface area contributed by atoms with Crippen LogP contribution in [0.2, 0.25) is 0 Å². The van der Waals surface area contributed by atoms with Crippen molar-refractivity contribution >= 4 is 34.0 Å². The van der Waals surface area contributed by atoms with E-state index in [4.69, 9.17) is 4.98 Å². The molecule has 6 nitrogen and oxygen atoms in total. The summed E-state index contributed by atoms with van der Waals surface area (Å²) in [5, 5.41) is 1.24. The summed E-state index contributed by atoms with van der Waals surface area (Å²) in [4.78, 5) is 26.7. The van der Waals surface area contributed by atoms with Gasteiger partial charge in [-0.05, 0) is 74.4 Å². The lowest BCUT2D eigenvalue weighted by Crippen LogP contribution is -2.47. The molecular weight excluding hydrogens is 470 g/mol. The van der Waals surface area contributed by atoms with Gasteiger partial charge in [-0.3, -0.25) is 19.7 Å². The monoisotopic (exact) mass is 505 g/mol. The van der Waals surface area contributed by atoms with Crippen LogP contribution in [0.1, 0.15) is 16.8 Å². The summed E-state index contributed by atoms with van der Waals surface area (Å²) in [5.74, 6) is 0. The molecular formula is C32H35N5O. The SMILES string of the molecule is Cc1ccc(N2CCN(c3cccc(CCN4CCN(c5cccc6nc(C)ccc56)CC4)c3)C2=O)cc1. The second kappa shape index (κ2) is 10.5. The van der Waals surface area contributed by atoms with E-state index >= 15 is 0 Å². The predicted molar refractivity (Wildman–Crippen MR) is 157 cm³/mol. The van der Waals surface area contributed by atoms with Crippen molar-refractivity contribution in [3.05, 3.63) is 95.7 Å². The number of pyridine rings is 1. The fourth-order valence-corrected chi connectivity index (χ4v) is 5.64. The number of carbonyl (C=O) groups excluding carboxylic acids is 1. The number of aryl methyl sites for hydroxylation is 2. The lowest BCUT2D eigenvalue weighted by molar-refractivity contribution is 0.256. The Hall–Kier alpha value is -3.90. The van der Waals surface area contributed by atoms with Gasteiger partial charge in [0.2, 0.25) is 0 Å². The summed E-state index contributed by atoms with van der Waals surface area (Å²) in [5.41, 5.74) is 7.86. The maximum Gasteiger partial charge on any atom is 0.329 e. The van der Waals surface area contributed by atoms with Crippen LogP contribution in [0.3, 0.4) is 0 Å². The molecule has 3 heterocycles. The van der Waals surface area contributed by atoms with Crippen LogP contribution in [0.25, 0.3) is 10.9 Å². The van der Waals surface area contributed by atoms with Gasteiger partial charge in [0.1, 0.15) is 0 Å². The van der Waals surface area contributed by atoms with Gasteiger partial charge in [-0.25, -0.2) is 4.79 Å². The van der Waals surface area contributed by atoms with Gasteiger partial charge in [-0.2, -0.15) is 0 Å². The highest BCUT2D eigenvalue weighted by Gasteiger charge is 2.30. The molecule has 194 valence electrons. The van der Waals surface area contributed by atoms with Gasteiger partial charge in [0, 0.05) is 74.0 Å². The third-order valence-electron chi connectivity index (χ3n) is 7.85. The summed E-state index contributed by atoms with van der Waals surface area (Å²) in [6, 6.07) is 27.5. The minimum atomic E-state index is 0.0564. The normalized spacial score (nSPS) is 16.6. The standard InChI is InChI=1S/C32H35N5O/c1-24-9-12-27(13-10-24)36-21-22-37(32(36)38)28-6-3-5-26(23-28)15-16-34-17-19-35(20-18-34)31-8-4-7-30-29(31)14-11-25(2)33-30/h3-14,23H,15-22H2,1-2H3. The quantitative estimate of drug-likeness (QED) is 0.339. The number of anilines is 3. The fraction of sp³-hybridized carbons (Fsp3) is 0.312. The second-order valence-electron chi connectivity index (χ2n) is 10.5. The van der Waals surface area contributed by atoms with Crippen LogP contribution in [-0.2, 0) is 6.42 Å². The zero-order valence-corrected chi connectivity index (χ0v) is 22.3. The van der Waals surface area contributed by atoms with Crippen LogP contribution in [0.15, 0.2) is 78.9 Å². The number of carbonyl (C=O) groups is 1. The molecule has 1 aromatic heterocycles. The van der Waals surface area contributed by atoms with Crippen molar-refractivity contribution in [1.29, 1.82) is 0 Å². The molecule has 2 saturated heterocycles. The Morgan fingerprint density at radius 2 is 1.47 bits per heavy atom. The van der Waals surface area contributed by atoms with Gasteiger partial charge in [-0.1, -0.05) is 35.9 Å². The van der Waals surface area contributed by atoms with Gasteiger partial charge >= 0.3 is 6.03 Å². The van der Waals surface area contributed by atoms with Crippen molar-refractivity contribution in [2.75, 3.05) is 60.5 Å². The first kappa shape index (κ1) is 24.4. The number of benzene rings is 3. The molecule has 0 aliphatic carbocycles. The van der Waals surface area contributed by atoms with Crippen LogP contribution < -0.4 is 14.7 Å². The molecule has 0 spiro atoms. The highest BCUT2D eigenvalue weighted by atomic mass is 16.2. The van der Waals surface area contributed by atoms with Crippen molar-refractivity contribution in [3.63, 3.8) is 0 Å². The minimum absolute atomic E-state index is 0.0564. The van der Waals surface area contributed by atoms with Crippen LogP contribution >= 0.6 is 0 Å². The maximum atomic E-state index is 13.2. The van der Waals surface area contributed by atoms with Crippen LogP contribution in [0.4, 0.5) is 21.9 Å². The zero-order valence-electron chi connectivity index (χ0n) is 22.3. The van der Waals surface area contributed by atoms with Crippen LogP contribution in [0.5, 0.6) is 0 Å². The lowest BCUT2D eigenvalue weighted by atomic mass is 10.1. The topological polar surface area (TPSA) is 42.9 Å². The molecule has 2 aliphatic heterocycles. The van der Waals surface area contributed by atoms with Crippen molar-refractivity contribution < 1.29 is 4.79 Å². The average molecular weight is 506 g/mol. The minimum Gasteiger partial charge on any atom is -0.368 e. The molecule has 4 aromatic rings. The number of fused-ring (bicyclic) bond motifs is 1. The maximum absolute atomic E-state index is 13.2. The lowest BCUT2D eigenvalue weighted by Gasteiger charge is -2.36. The number of aromatic nitrogens is 1. The molecule has 38 heavy (non-hydrogen) atoms. The van der Waals surface area contributed by atoms with Crippen molar-refractivity contribution in [2.24, 2.45) is 0 Å². The first-order chi connectivity index (χ1) is 18.5. The highest BCUT2D eigenvalue weighted by molar-refractivity contribution is 6.06. The van der Waals surface area contributed by atoms with Crippen molar-refractivity contribution in [1.82, 2.24) is 9.88 Å². The van der Waals surface area contributed by atoms with E-state index in [1.807, 2.05) is 28.9 Å². The average Bonchev–Trinajstić information content (AvgIpc) is 3.33. The highest BCUT2D eigenvalue weighted by Crippen LogP contribution is 2.28. The molecule has 6 rings (SSSR count). The van der Waals surface area contributed by atoms with Gasteiger partial charge < -0.3 is 4.90 Å². The van der Waals surface area contributed by atoms with E-state index in [-0.39, 0.29) is 6.03 Å². The molecule has 2 fully saturated rings. The third kappa shape index (κ3) is 4.96. The molecule has 2 aliphatic rings. The van der Waals surface area contributed by atoms with Crippen molar-refractivity contribution in [3.8, 4) is 0 Å². The molecule has 2 amide bonds. The number of nitrogens with zero attached hydrogens (tertiary/aromatic N) is 5. The van der Waals surface area contributed by atoms with Crippen LogP contribution in [-0.4, -0.2) is 61.7 Å². The number of piperazine rings is 1. The van der Waals surface area contributed by atoms with E-state index in [2.05, 4.69) is 83.5 Å². The molecule has 0 radical (unpaired) electrons. The number of urea groups is 1. The fourth-order valence-electron chi connectivity index (χ4n) is 5.64. The molecule has 0 bridgehead atoms. The first-order valence-corrected chi connectivity index (χ1v) is 13.6. The number of rotatable bonds is 6. The summed E-state index contributed by atoms with van der Waals surface area (Å²) in [6.45, 7) is 10.7. The van der Waals surface area contributed by atoms with Gasteiger partial charge in [0.25, 0.3) is 0 Å². The molecule has 0 N–H and O–H groups in total. The summed E-state index contributed by atoms with van der Waals surface area (Å²) in [6.07, 6.45) is 0.981. The smallest absolute Gasteiger partial charge is 0.329 e. The van der Waals surface area contributed by atoms with E-state index in [0.717, 1.165) is 61.7 Å². The Balaban J connectivity index is 1.05. The Morgan fingerprint density at radius 3 is 2.26 bits per heavy atom. The molecule has 0 saturated carbocycles.